The maximum Gasteiger partial charge on any atom is 0.374 e. The molecule has 0 aliphatic rings. The predicted octanol–water partition coefficient (Wildman–Crippen LogP) is 2.98. The monoisotopic (exact) mass is 239 g/mol. The average Bonchev–Trinajstić information content (AvgIpc) is 2.78. The molecular formula is C11H7F2NO3. The van der Waals surface area contributed by atoms with Gasteiger partial charge in [0.1, 0.15) is 5.69 Å². The zero-order valence-corrected chi connectivity index (χ0v) is 8.43. The minimum atomic E-state index is -2.53. The Bertz CT molecular complexity index is 534. The van der Waals surface area contributed by atoms with E-state index in [1.165, 1.54) is 30.3 Å². The van der Waals surface area contributed by atoms with Crippen LogP contribution in [0.5, 0.6) is 0 Å². The first-order valence-corrected chi connectivity index (χ1v) is 4.66. The van der Waals surface area contributed by atoms with Gasteiger partial charge in [-0.05, 0) is 0 Å². The number of aromatic nitrogens is 1. The molecule has 6 heteroatoms. The molecule has 0 saturated carbocycles. The number of hydrogen-bond donors (Lipinski definition) is 1. The summed E-state index contributed by atoms with van der Waals surface area (Å²) in [5.74, 6) is -1.52. The summed E-state index contributed by atoms with van der Waals surface area (Å²) in [7, 11) is 0. The van der Waals surface area contributed by atoms with Crippen molar-refractivity contribution < 1.29 is 23.2 Å². The first-order chi connectivity index (χ1) is 8.08. The normalized spacial score (nSPS) is 10.8. The summed E-state index contributed by atoms with van der Waals surface area (Å²) in [6.07, 6.45) is -2.53. The number of halogens is 2. The van der Waals surface area contributed by atoms with E-state index in [0.29, 0.717) is 11.3 Å². The van der Waals surface area contributed by atoms with Crippen LogP contribution in [0, 0.1) is 0 Å². The van der Waals surface area contributed by atoms with Crippen molar-refractivity contribution in [2.24, 2.45) is 0 Å². The van der Waals surface area contributed by atoms with Crippen molar-refractivity contribution in [3.63, 3.8) is 0 Å². The molecule has 1 aromatic carbocycles. The summed E-state index contributed by atoms with van der Waals surface area (Å²) in [6, 6.07) is 6.62. The highest BCUT2D eigenvalue weighted by Gasteiger charge is 2.13. The van der Waals surface area contributed by atoms with E-state index >= 15 is 0 Å². The van der Waals surface area contributed by atoms with Crippen LogP contribution in [-0.2, 0) is 0 Å². The van der Waals surface area contributed by atoms with Crippen molar-refractivity contribution in [1.29, 1.82) is 0 Å². The molecule has 88 valence electrons. The predicted molar refractivity (Wildman–Crippen MR) is 53.9 cm³/mol. The third-order valence-electron chi connectivity index (χ3n) is 2.18. The molecule has 0 fully saturated rings. The van der Waals surface area contributed by atoms with Gasteiger partial charge in [-0.2, -0.15) is 0 Å². The second kappa shape index (κ2) is 4.32. The van der Waals surface area contributed by atoms with Crippen LogP contribution in [-0.4, -0.2) is 16.2 Å². The zero-order valence-electron chi connectivity index (χ0n) is 8.43. The van der Waals surface area contributed by atoms with Gasteiger partial charge in [0.25, 0.3) is 6.43 Å². The lowest BCUT2D eigenvalue weighted by molar-refractivity contribution is 0.0652. The fourth-order valence-corrected chi connectivity index (χ4v) is 1.31. The second-order valence-corrected chi connectivity index (χ2v) is 3.30. The standard InChI is InChI=1S/C11H7F2NO3/c12-10(13)7-3-1-6(2-4-7)8-5-9(11(15)16)17-14-8/h1-5,10H,(H,15,16). The van der Waals surface area contributed by atoms with Gasteiger partial charge in [0.2, 0.25) is 5.76 Å². The smallest absolute Gasteiger partial charge is 0.374 e. The number of alkyl halides is 2. The fraction of sp³-hybridized carbons (Fsp3) is 0.0909. The summed E-state index contributed by atoms with van der Waals surface area (Å²) in [5.41, 5.74) is 0.713. The highest BCUT2D eigenvalue weighted by molar-refractivity contribution is 5.85. The van der Waals surface area contributed by atoms with Crippen LogP contribution >= 0.6 is 0 Å². The third kappa shape index (κ3) is 2.30. The SMILES string of the molecule is O=C(O)c1cc(-c2ccc(C(F)F)cc2)no1. The summed E-state index contributed by atoms with van der Waals surface area (Å²) in [6.45, 7) is 0. The zero-order chi connectivity index (χ0) is 12.4. The lowest BCUT2D eigenvalue weighted by Crippen LogP contribution is -1.91. The Hall–Kier alpha value is -2.24. The molecule has 1 aromatic heterocycles. The maximum absolute atomic E-state index is 12.3. The molecular weight excluding hydrogens is 232 g/mol. The van der Waals surface area contributed by atoms with Crippen molar-refractivity contribution in [3.05, 3.63) is 41.7 Å². The Morgan fingerprint density at radius 3 is 2.41 bits per heavy atom. The molecule has 4 nitrogen and oxygen atoms in total. The Morgan fingerprint density at radius 1 is 1.29 bits per heavy atom. The second-order valence-electron chi connectivity index (χ2n) is 3.30. The Morgan fingerprint density at radius 2 is 1.94 bits per heavy atom. The van der Waals surface area contributed by atoms with Gasteiger partial charge < -0.3 is 9.63 Å². The van der Waals surface area contributed by atoms with E-state index in [2.05, 4.69) is 9.68 Å². The average molecular weight is 239 g/mol. The third-order valence-corrected chi connectivity index (χ3v) is 2.18. The van der Waals surface area contributed by atoms with Crippen molar-refractivity contribution in [3.8, 4) is 11.3 Å². The van der Waals surface area contributed by atoms with Gasteiger partial charge in [-0.25, -0.2) is 13.6 Å². The molecule has 0 spiro atoms. The van der Waals surface area contributed by atoms with Gasteiger partial charge in [-0.1, -0.05) is 29.4 Å². The molecule has 1 N–H and O–H groups in total. The first kappa shape index (κ1) is 11.3. The van der Waals surface area contributed by atoms with Crippen LogP contribution in [0.25, 0.3) is 11.3 Å². The Kier molecular flexibility index (Phi) is 2.86. The first-order valence-electron chi connectivity index (χ1n) is 4.66. The van der Waals surface area contributed by atoms with Gasteiger partial charge in [0, 0.05) is 17.2 Å². The van der Waals surface area contributed by atoms with E-state index in [0.717, 1.165) is 0 Å². The highest BCUT2D eigenvalue weighted by Crippen LogP contribution is 2.24. The topological polar surface area (TPSA) is 63.3 Å². The van der Waals surface area contributed by atoms with Crippen molar-refractivity contribution in [1.82, 2.24) is 5.16 Å². The number of rotatable bonds is 3. The molecule has 0 aliphatic carbocycles. The molecule has 0 radical (unpaired) electrons. The highest BCUT2D eigenvalue weighted by atomic mass is 19.3. The van der Waals surface area contributed by atoms with Gasteiger partial charge in [0.15, 0.2) is 0 Å². The largest absolute Gasteiger partial charge is 0.475 e. The minimum absolute atomic E-state index is 0.101. The molecule has 2 aromatic rings. The molecule has 0 bridgehead atoms. The maximum atomic E-state index is 12.3. The van der Waals surface area contributed by atoms with E-state index in [1.807, 2.05) is 0 Å². The minimum Gasteiger partial charge on any atom is -0.475 e. The number of carbonyl (C=O) groups is 1. The van der Waals surface area contributed by atoms with Crippen LogP contribution in [0.4, 0.5) is 8.78 Å². The number of carboxylic acids is 1. The number of nitrogens with zero attached hydrogens (tertiary/aromatic N) is 1. The van der Waals surface area contributed by atoms with Crippen LogP contribution in [0.2, 0.25) is 0 Å². The Balaban J connectivity index is 2.30. The van der Waals surface area contributed by atoms with E-state index in [-0.39, 0.29) is 11.3 Å². The quantitative estimate of drug-likeness (QED) is 0.894. The molecule has 1 heterocycles. The van der Waals surface area contributed by atoms with Crippen LogP contribution < -0.4 is 0 Å². The van der Waals surface area contributed by atoms with E-state index in [4.69, 9.17) is 5.11 Å². The summed E-state index contributed by atoms with van der Waals surface area (Å²) in [5, 5.41) is 12.2. The molecule has 0 unspecified atom stereocenters. The summed E-state index contributed by atoms with van der Waals surface area (Å²) in [4.78, 5) is 10.6. The molecule has 0 atom stereocenters. The Labute approximate surface area is 94.5 Å². The van der Waals surface area contributed by atoms with Gasteiger partial charge in [-0.3, -0.25) is 0 Å². The van der Waals surface area contributed by atoms with Gasteiger partial charge >= 0.3 is 5.97 Å². The fourth-order valence-electron chi connectivity index (χ4n) is 1.31. The van der Waals surface area contributed by atoms with Crippen LogP contribution in [0.1, 0.15) is 22.5 Å². The van der Waals surface area contributed by atoms with Crippen molar-refractivity contribution >= 4 is 5.97 Å². The van der Waals surface area contributed by atoms with E-state index in [9.17, 15) is 13.6 Å². The lowest BCUT2D eigenvalue weighted by atomic mass is 10.1. The van der Waals surface area contributed by atoms with Crippen molar-refractivity contribution in [2.75, 3.05) is 0 Å². The molecule has 17 heavy (non-hydrogen) atoms. The van der Waals surface area contributed by atoms with Gasteiger partial charge in [-0.15, -0.1) is 0 Å². The number of aromatic carboxylic acids is 1. The van der Waals surface area contributed by atoms with Crippen LogP contribution in [0.15, 0.2) is 34.9 Å². The molecule has 2 rings (SSSR count). The summed E-state index contributed by atoms with van der Waals surface area (Å²) < 4.78 is 29.2. The van der Waals surface area contributed by atoms with E-state index < -0.39 is 12.4 Å². The molecule has 0 saturated heterocycles. The van der Waals surface area contributed by atoms with E-state index in [1.54, 1.807) is 0 Å². The molecule has 0 aliphatic heterocycles. The number of carboxylic acid groups (broad SMARTS) is 1. The molecule has 0 amide bonds. The summed E-state index contributed by atoms with van der Waals surface area (Å²) >= 11 is 0. The van der Waals surface area contributed by atoms with Crippen LogP contribution in [0.3, 0.4) is 0 Å². The van der Waals surface area contributed by atoms with Crippen molar-refractivity contribution in [2.45, 2.75) is 6.43 Å². The number of benzene rings is 1. The van der Waals surface area contributed by atoms with Gasteiger partial charge in [0.05, 0.1) is 0 Å². The number of hydrogen-bond acceptors (Lipinski definition) is 3. The lowest BCUT2D eigenvalue weighted by Gasteiger charge is -1.99.